The summed E-state index contributed by atoms with van der Waals surface area (Å²) in [4.78, 5) is 2.39. The Hall–Kier alpha value is -0.0800. The second-order valence-corrected chi connectivity index (χ2v) is 5.67. The maximum Gasteiger partial charge on any atom is 0.00355 e. The summed E-state index contributed by atoms with van der Waals surface area (Å²) >= 11 is 0. The molecule has 0 radical (unpaired) electrons. The average Bonchev–Trinajstić information content (AvgIpc) is 2.01. The third-order valence-electron chi connectivity index (χ3n) is 2.40. The largest absolute Gasteiger partial charge is 0.316 e. The Morgan fingerprint density at radius 1 is 1.21 bits per heavy atom. The Balaban J connectivity index is 3.30. The highest BCUT2D eigenvalue weighted by Gasteiger charge is 2.08. The van der Waals surface area contributed by atoms with Crippen LogP contribution in [0.4, 0.5) is 0 Å². The topological polar surface area (TPSA) is 15.3 Å². The summed E-state index contributed by atoms with van der Waals surface area (Å²) in [6.45, 7) is 14.7. The quantitative estimate of drug-likeness (QED) is 0.662. The third kappa shape index (κ3) is 8.52. The molecule has 0 fully saturated rings. The van der Waals surface area contributed by atoms with Crippen molar-refractivity contribution in [1.82, 2.24) is 10.2 Å². The minimum absolute atomic E-state index is 0.407. The highest BCUT2D eigenvalue weighted by Crippen LogP contribution is 2.09. The maximum atomic E-state index is 3.49. The molecule has 0 aromatic rings. The fourth-order valence-corrected chi connectivity index (χ4v) is 1.18. The Morgan fingerprint density at radius 3 is 2.21 bits per heavy atom. The molecule has 0 bridgehead atoms. The standard InChI is InChI=1S/C12H28N2/c1-11(2)14(6)9-7-8-13-10-12(3,4)5/h11,13H,7-10H2,1-6H3. The first kappa shape index (κ1) is 13.9. The summed E-state index contributed by atoms with van der Waals surface area (Å²) in [5.41, 5.74) is 0.407. The van der Waals surface area contributed by atoms with Gasteiger partial charge < -0.3 is 10.2 Å². The molecule has 2 heteroatoms. The number of hydrogen-bond acceptors (Lipinski definition) is 2. The van der Waals surface area contributed by atoms with Crippen molar-refractivity contribution >= 4 is 0 Å². The van der Waals surface area contributed by atoms with Gasteiger partial charge in [0.15, 0.2) is 0 Å². The predicted octanol–water partition coefficient (Wildman–Crippen LogP) is 2.35. The van der Waals surface area contributed by atoms with Crippen LogP contribution < -0.4 is 5.32 Å². The molecule has 86 valence electrons. The molecular weight excluding hydrogens is 172 g/mol. The lowest BCUT2D eigenvalue weighted by atomic mass is 9.97. The number of rotatable bonds is 6. The van der Waals surface area contributed by atoms with Crippen LogP contribution in [0.1, 0.15) is 41.0 Å². The molecule has 1 N–H and O–H groups in total. The summed E-state index contributed by atoms with van der Waals surface area (Å²) in [5.74, 6) is 0. The Bertz CT molecular complexity index is 136. The number of hydrogen-bond donors (Lipinski definition) is 1. The molecule has 0 aromatic carbocycles. The monoisotopic (exact) mass is 200 g/mol. The van der Waals surface area contributed by atoms with E-state index in [9.17, 15) is 0 Å². The van der Waals surface area contributed by atoms with Crippen LogP contribution >= 0.6 is 0 Å². The second kappa shape index (κ2) is 6.41. The molecular formula is C12H28N2. The lowest BCUT2D eigenvalue weighted by Crippen LogP contribution is -2.32. The molecule has 0 aliphatic carbocycles. The van der Waals surface area contributed by atoms with Crippen LogP contribution in [0.15, 0.2) is 0 Å². The minimum atomic E-state index is 0.407. The first-order chi connectivity index (χ1) is 6.33. The smallest absolute Gasteiger partial charge is 0.00355 e. The van der Waals surface area contributed by atoms with Gasteiger partial charge in [0.25, 0.3) is 0 Å². The van der Waals surface area contributed by atoms with Crippen molar-refractivity contribution in [1.29, 1.82) is 0 Å². The first-order valence-electron chi connectivity index (χ1n) is 5.74. The van der Waals surface area contributed by atoms with Gasteiger partial charge in [-0.3, -0.25) is 0 Å². The zero-order valence-corrected chi connectivity index (χ0v) is 10.9. The van der Waals surface area contributed by atoms with Crippen LogP contribution in [0.2, 0.25) is 0 Å². The minimum Gasteiger partial charge on any atom is -0.316 e. The summed E-state index contributed by atoms with van der Waals surface area (Å²) in [5, 5.41) is 3.49. The Labute approximate surface area is 90.1 Å². The van der Waals surface area contributed by atoms with E-state index >= 15 is 0 Å². The number of nitrogens with one attached hydrogen (secondary N) is 1. The van der Waals surface area contributed by atoms with Gasteiger partial charge in [-0.05, 0) is 52.4 Å². The zero-order chi connectivity index (χ0) is 11.2. The molecule has 0 amide bonds. The van der Waals surface area contributed by atoms with E-state index < -0.39 is 0 Å². The van der Waals surface area contributed by atoms with E-state index in [1.165, 1.54) is 13.0 Å². The fourth-order valence-electron chi connectivity index (χ4n) is 1.18. The van der Waals surface area contributed by atoms with E-state index in [4.69, 9.17) is 0 Å². The Morgan fingerprint density at radius 2 is 1.79 bits per heavy atom. The van der Waals surface area contributed by atoms with Crippen molar-refractivity contribution in [3.63, 3.8) is 0 Å². The lowest BCUT2D eigenvalue weighted by molar-refractivity contribution is 0.266. The summed E-state index contributed by atoms with van der Waals surface area (Å²) in [6, 6.07) is 0.664. The van der Waals surface area contributed by atoms with Gasteiger partial charge in [-0.15, -0.1) is 0 Å². The van der Waals surface area contributed by atoms with E-state index in [-0.39, 0.29) is 0 Å². The van der Waals surface area contributed by atoms with Crippen molar-refractivity contribution in [2.45, 2.75) is 47.1 Å². The van der Waals surface area contributed by atoms with E-state index in [0.717, 1.165) is 13.1 Å². The molecule has 0 atom stereocenters. The third-order valence-corrected chi connectivity index (χ3v) is 2.40. The molecule has 0 heterocycles. The van der Waals surface area contributed by atoms with Crippen LogP contribution in [0.5, 0.6) is 0 Å². The van der Waals surface area contributed by atoms with E-state index in [0.29, 0.717) is 11.5 Å². The van der Waals surface area contributed by atoms with Crippen molar-refractivity contribution < 1.29 is 0 Å². The second-order valence-electron chi connectivity index (χ2n) is 5.67. The van der Waals surface area contributed by atoms with Gasteiger partial charge in [0.2, 0.25) is 0 Å². The van der Waals surface area contributed by atoms with Gasteiger partial charge >= 0.3 is 0 Å². The van der Waals surface area contributed by atoms with Gasteiger partial charge in [-0.2, -0.15) is 0 Å². The predicted molar refractivity (Wildman–Crippen MR) is 64.7 cm³/mol. The molecule has 2 nitrogen and oxygen atoms in total. The fraction of sp³-hybridized carbons (Fsp3) is 1.00. The van der Waals surface area contributed by atoms with Crippen LogP contribution in [0, 0.1) is 5.41 Å². The first-order valence-corrected chi connectivity index (χ1v) is 5.74. The van der Waals surface area contributed by atoms with Gasteiger partial charge in [-0.1, -0.05) is 20.8 Å². The van der Waals surface area contributed by atoms with Crippen LogP contribution in [-0.2, 0) is 0 Å². The van der Waals surface area contributed by atoms with Crippen molar-refractivity contribution in [2.24, 2.45) is 5.41 Å². The van der Waals surface area contributed by atoms with Crippen LogP contribution in [0.25, 0.3) is 0 Å². The van der Waals surface area contributed by atoms with Crippen LogP contribution in [-0.4, -0.2) is 37.6 Å². The van der Waals surface area contributed by atoms with Crippen molar-refractivity contribution in [3.8, 4) is 0 Å². The van der Waals surface area contributed by atoms with E-state index in [1.54, 1.807) is 0 Å². The molecule has 14 heavy (non-hydrogen) atoms. The summed E-state index contributed by atoms with van der Waals surface area (Å²) in [6.07, 6.45) is 1.24. The zero-order valence-electron chi connectivity index (χ0n) is 10.9. The molecule has 0 aliphatic heterocycles. The summed E-state index contributed by atoms with van der Waals surface area (Å²) < 4.78 is 0. The molecule has 0 saturated carbocycles. The van der Waals surface area contributed by atoms with Crippen molar-refractivity contribution in [2.75, 3.05) is 26.7 Å². The van der Waals surface area contributed by atoms with E-state index in [1.807, 2.05) is 0 Å². The molecule has 0 aliphatic rings. The molecule has 0 rings (SSSR count). The maximum absolute atomic E-state index is 3.49. The molecule has 0 saturated heterocycles. The van der Waals surface area contributed by atoms with Gasteiger partial charge in [0, 0.05) is 6.04 Å². The van der Waals surface area contributed by atoms with Gasteiger partial charge in [0.1, 0.15) is 0 Å². The highest BCUT2D eigenvalue weighted by atomic mass is 15.1. The van der Waals surface area contributed by atoms with Gasteiger partial charge in [-0.25, -0.2) is 0 Å². The summed E-state index contributed by atoms with van der Waals surface area (Å²) in [7, 11) is 2.19. The van der Waals surface area contributed by atoms with Crippen molar-refractivity contribution in [3.05, 3.63) is 0 Å². The normalized spacial score (nSPS) is 12.9. The Kier molecular flexibility index (Phi) is 6.38. The molecule has 0 aromatic heterocycles. The lowest BCUT2D eigenvalue weighted by Gasteiger charge is -2.22. The molecule has 0 unspecified atom stereocenters. The molecule has 0 spiro atoms. The van der Waals surface area contributed by atoms with E-state index in [2.05, 4.69) is 51.9 Å². The SMILES string of the molecule is CC(C)N(C)CCCNCC(C)(C)C. The highest BCUT2D eigenvalue weighted by molar-refractivity contribution is 4.65. The van der Waals surface area contributed by atoms with Crippen LogP contribution in [0.3, 0.4) is 0 Å². The average molecular weight is 200 g/mol. The number of nitrogens with zero attached hydrogens (tertiary/aromatic N) is 1. The van der Waals surface area contributed by atoms with Gasteiger partial charge in [0.05, 0.1) is 0 Å².